The number of carbonyl (C=O) groups excluding carboxylic acids is 1. The summed E-state index contributed by atoms with van der Waals surface area (Å²) in [7, 11) is 0. The first-order valence-electron chi connectivity index (χ1n) is 9.23. The Morgan fingerprint density at radius 2 is 2.00 bits per heavy atom. The van der Waals surface area contributed by atoms with Crippen molar-refractivity contribution < 1.29 is 4.79 Å². The minimum Gasteiger partial charge on any atom is -0.356 e. The first kappa shape index (κ1) is 18.4. The summed E-state index contributed by atoms with van der Waals surface area (Å²) < 4.78 is 1.85. The van der Waals surface area contributed by atoms with E-state index in [9.17, 15) is 4.79 Å². The second-order valence-corrected chi connectivity index (χ2v) is 7.27. The van der Waals surface area contributed by atoms with Gasteiger partial charge >= 0.3 is 0 Å². The van der Waals surface area contributed by atoms with Crippen LogP contribution in [0.5, 0.6) is 0 Å². The third-order valence-corrected chi connectivity index (χ3v) is 5.53. The Kier molecular flexibility index (Phi) is 5.25. The van der Waals surface area contributed by atoms with E-state index in [4.69, 9.17) is 11.6 Å². The molecule has 3 heterocycles. The molecule has 28 heavy (non-hydrogen) atoms. The quantitative estimate of drug-likeness (QED) is 0.730. The number of carbonyl (C=O) groups is 1. The highest BCUT2D eigenvalue weighted by molar-refractivity contribution is 6.31. The van der Waals surface area contributed by atoms with Gasteiger partial charge in [-0.1, -0.05) is 17.7 Å². The molecule has 1 N–H and O–H groups in total. The predicted molar refractivity (Wildman–Crippen MR) is 109 cm³/mol. The lowest BCUT2D eigenvalue weighted by Crippen LogP contribution is -2.38. The van der Waals surface area contributed by atoms with Crippen LogP contribution in [0.3, 0.4) is 0 Å². The molecule has 0 aliphatic carbocycles. The van der Waals surface area contributed by atoms with E-state index in [1.165, 1.54) is 0 Å². The van der Waals surface area contributed by atoms with Crippen LogP contribution < -0.4 is 10.2 Å². The smallest absolute Gasteiger partial charge is 0.227 e. The molecule has 4 rings (SSSR count). The lowest BCUT2D eigenvalue weighted by molar-refractivity contribution is -0.120. The molecule has 8 heteroatoms. The Morgan fingerprint density at radius 1 is 1.21 bits per heavy atom. The highest BCUT2D eigenvalue weighted by Gasteiger charge is 2.26. The summed E-state index contributed by atoms with van der Waals surface area (Å²) in [4.78, 5) is 27.6. The van der Waals surface area contributed by atoms with Crippen molar-refractivity contribution in [2.75, 3.05) is 23.3 Å². The van der Waals surface area contributed by atoms with Crippen LogP contribution in [0.15, 0.2) is 49.3 Å². The van der Waals surface area contributed by atoms with Crippen LogP contribution in [0.2, 0.25) is 5.02 Å². The number of halogens is 1. The van der Waals surface area contributed by atoms with Crippen molar-refractivity contribution in [2.45, 2.75) is 19.8 Å². The Bertz CT molecular complexity index is 967. The summed E-state index contributed by atoms with van der Waals surface area (Å²) in [5.41, 5.74) is 1.67. The zero-order valence-electron chi connectivity index (χ0n) is 15.5. The van der Waals surface area contributed by atoms with Crippen LogP contribution in [-0.2, 0) is 4.79 Å². The van der Waals surface area contributed by atoms with Crippen molar-refractivity contribution in [3.8, 4) is 5.82 Å². The van der Waals surface area contributed by atoms with Gasteiger partial charge in [0.05, 0.1) is 0 Å². The van der Waals surface area contributed by atoms with E-state index in [-0.39, 0.29) is 11.8 Å². The van der Waals surface area contributed by atoms with Crippen molar-refractivity contribution in [3.05, 3.63) is 59.9 Å². The van der Waals surface area contributed by atoms with Crippen molar-refractivity contribution in [1.82, 2.24) is 19.5 Å². The summed E-state index contributed by atoms with van der Waals surface area (Å²) in [6.07, 6.45) is 8.38. The fourth-order valence-electron chi connectivity index (χ4n) is 3.39. The van der Waals surface area contributed by atoms with E-state index >= 15 is 0 Å². The Hall–Kier alpha value is -2.93. The van der Waals surface area contributed by atoms with Crippen LogP contribution in [0.25, 0.3) is 5.82 Å². The van der Waals surface area contributed by atoms with Crippen LogP contribution in [-0.4, -0.2) is 38.5 Å². The molecule has 1 aliphatic heterocycles. The second kappa shape index (κ2) is 7.98. The molecule has 1 amide bonds. The van der Waals surface area contributed by atoms with Gasteiger partial charge in [0.25, 0.3) is 0 Å². The number of anilines is 2. The molecule has 0 unspecified atom stereocenters. The number of piperidine rings is 1. The normalized spacial score (nSPS) is 14.9. The molecule has 1 aromatic carbocycles. The maximum atomic E-state index is 12.7. The van der Waals surface area contributed by atoms with Gasteiger partial charge in [0.15, 0.2) is 0 Å². The molecule has 0 saturated carbocycles. The fraction of sp³-hybridized carbons (Fsp3) is 0.300. The first-order chi connectivity index (χ1) is 13.6. The lowest BCUT2D eigenvalue weighted by Gasteiger charge is -2.32. The monoisotopic (exact) mass is 396 g/mol. The summed E-state index contributed by atoms with van der Waals surface area (Å²) in [6, 6.07) is 7.50. The number of hydrogen-bond acceptors (Lipinski definition) is 5. The number of aromatic nitrogens is 4. The van der Waals surface area contributed by atoms with Gasteiger partial charge in [-0.25, -0.2) is 15.0 Å². The maximum absolute atomic E-state index is 12.7. The van der Waals surface area contributed by atoms with Crippen molar-refractivity contribution in [2.24, 2.45) is 5.92 Å². The molecule has 2 aromatic heterocycles. The summed E-state index contributed by atoms with van der Waals surface area (Å²) in [6.45, 7) is 3.45. The molecule has 1 aliphatic rings. The number of nitrogens with zero attached hydrogens (tertiary/aromatic N) is 5. The highest BCUT2D eigenvalue weighted by atomic mass is 35.5. The van der Waals surface area contributed by atoms with Gasteiger partial charge in [-0.3, -0.25) is 9.36 Å². The van der Waals surface area contributed by atoms with Gasteiger partial charge < -0.3 is 10.2 Å². The van der Waals surface area contributed by atoms with Crippen molar-refractivity contribution >= 4 is 29.0 Å². The molecular formula is C20H21ClN6O. The van der Waals surface area contributed by atoms with Crippen LogP contribution in [0.4, 0.5) is 11.5 Å². The van der Waals surface area contributed by atoms with E-state index in [1.54, 1.807) is 18.9 Å². The van der Waals surface area contributed by atoms with E-state index in [2.05, 4.69) is 25.2 Å². The van der Waals surface area contributed by atoms with E-state index in [1.807, 2.05) is 42.0 Å². The second-order valence-electron chi connectivity index (χ2n) is 6.87. The topological polar surface area (TPSA) is 75.9 Å². The molecule has 7 nitrogen and oxygen atoms in total. The third-order valence-electron chi connectivity index (χ3n) is 5.12. The average Bonchev–Trinajstić information content (AvgIpc) is 3.27. The minimum absolute atomic E-state index is 0.0235. The highest BCUT2D eigenvalue weighted by Crippen LogP contribution is 2.26. The Balaban J connectivity index is 1.39. The van der Waals surface area contributed by atoms with Gasteiger partial charge in [-0.15, -0.1) is 0 Å². The summed E-state index contributed by atoms with van der Waals surface area (Å²) in [5, 5.41) is 3.68. The Labute approximate surface area is 168 Å². The molecule has 0 radical (unpaired) electrons. The number of rotatable bonds is 4. The number of amides is 1. The standard InChI is InChI=1S/C20H21ClN6O/c1-14-16(21)3-2-4-17(14)25-20(28)15-5-8-26(9-6-15)18-11-19(24-12-23-18)27-10-7-22-13-27/h2-4,7,10-13,15H,5-6,8-9H2,1H3,(H,25,28). The number of benzene rings is 1. The lowest BCUT2D eigenvalue weighted by atomic mass is 9.95. The molecule has 144 valence electrons. The maximum Gasteiger partial charge on any atom is 0.227 e. The van der Waals surface area contributed by atoms with Gasteiger partial charge in [-0.05, 0) is 37.5 Å². The van der Waals surface area contributed by atoms with Gasteiger partial charge in [0, 0.05) is 48.2 Å². The SMILES string of the molecule is Cc1c(Cl)cccc1NC(=O)C1CCN(c2cc(-n3ccnc3)ncn2)CC1. The van der Waals surface area contributed by atoms with Crippen LogP contribution >= 0.6 is 11.6 Å². The van der Waals surface area contributed by atoms with Gasteiger partial charge in [-0.2, -0.15) is 0 Å². The first-order valence-corrected chi connectivity index (χ1v) is 9.61. The zero-order chi connectivity index (χ0) is 19.5. The largest absolute Gasteiger partial charge is 0.356 e. The molecule has 0 atom stereocenters. The number of hydrogen-bond donors (Lipinski definition) is 1. The zero-order valence-corrected chi connectivity index (χ0v) is 16.3. The fourth-order valence-corrected chi connectivity index (χ4v) is 3.57. The molecule has 0 spiro atoms. The molecule has 1 saturated heterocycles. The van der Waals surface area contributed by atoms with Gasteiger partial charge in [0.2, 0.25) is 5.91 Å². The minimum atomic E-state index is -0.0235. The number of imidazole rings is 1. The summed E-state index contributed by atoms with van der Waals surface area (Å²) in [5.74, 6) is 1.67. The van der Waals surface area contributed by atoms with Crippen molar-refractivity contribution in [3.63, 3.8) is 0 Å². The molecule has 1 fully saturated rings. The van der Waals surface area contributed by atoms with E-state index < -0.39 is 0 Å². The molecule has 0 bridgehead atoms. The van der Waals surface area contributed by atoms with Crippen LogP contribution in [0.1, 0.15) is 18.4 Å². The Morgan fingerprint density at radius 3 is 2.75 bits per heavy atom. The van der Waals surface area contributed by atoms with Crippen LogP contribution in [0, 0.1) is 12.8 Å². The summed E-state index contributed by atoms with van der Waals surface area (Å²) >= 11 is 6.14. The van der Waals surface area contributed by atoms with Crippen molar-refractivity contribution in [1.29, 1.82) is 0 Å². The van der Waals surface area contributed by atoms with Gasteiger partial charge in [0.1, 0.15) is 24.3 Å². The average molecular weight is 397 g/mol. The van der Waals surface area contributed by atoms with E-state index in [0.29, 0.717) is 5.02 Å². The number of nitrogens with one attached hydrogen (secondary N) is 1. The van der Waals surface area contributed by atoms with E-state index in [0.717, 1.165) is 48.8 Å². The predicted octanol–water partition coefficient (Wildman–Crippen LogP) is 3.48. The third kappa shape index (κ3) is 3.84. The molecular weight excluding hydrogens is 376 g/mol. The molecule has 3 aromatic rings.